The molecule has 3 N–H and O–H groups in total. The number of amides is 1. The lowest BCUT2D eigenvalue weighted by atomic mass is 10.1. The Morgan fingerprint density at radius 3 is 2.74 bits per heavy atom. The van der Waals surface area contributed by atoms with Gasteiger partial charge in [-0.3, -0.25) is 14.7 Å². The minimum Gasteiger partial charge on any atom is -0.312 e. The van der Waals surface area contributed by atoms with Gasteiger partial charge in [0, 0.05) is 24.5 Å². The summed E-state index contributed by atoms with van der Waals surface area (Å²) in [6.45, 7) is 1.81. The van der Waals surface area contributed by atoms with Crippen molar-refractivity contribution in [2.24, 2.45) is 5.92 Å². The lowest BCUT2D eigenvalue weighted by molar-refractivity contribution is -0.132. The van der Waals surface area contributed by atoms with Crippen LogP contribution in [-0.4, -0.2) is 27.4 Å². The first-order valence-corrected chi connectivity index (χ1v) is 9.40. The summed E-state index contributed by atoms with van der Waals surface area (Å²) in [6, 6.07) is 15.2. The molecule has 27 heavy (non-hydrogen) atoms. The largest absolute Gasteiger partial charge is 0.312 e. The van der Waals surface area contributed by atoms with Crippen LogP contribution in [0.15, 0.2) is 54.7 Å². The highest BCUT2D eigenvalue weighted by Gasteiger charge is 2.23. The van der Waals surface area contributed by atoms with Gasteiger partial charge in [-0.05, 0) is 36.4 Å². The van der Waals surface area contributed by atoms with Gasteiger partial charge in [0.25, 0.3) is 5.91 Å². The van der Waals surface area contributed by atoms with Crippen LogP contribution in [0, 0.1) is 5.92 Å². The van der Waals surface area contributed by atoms with E-state index in [4.69, 9.17) is 5.10 Å². The van der Waals surface area contributed by atoms with E-state index in [1.165, 1.54) is 12.8 Å². The number of fused-ring (bicyclic) bond motifs is 1. The molecule has 4 rings (SSSR count). The number of carbonyl (C=O) groups excluding carboxylic acids is 1. The van der Waals surface area contributed by atoms with Crippen LogP contribution in [0.2, 0.25) is 0 Å². The first-order chi connectivity index (χ1) is 13.2. The number of hydrogen-bond donors (Lipinski definition) is 3. The number of rotatable bonds is 8. The van der Waals surface area contributed by atoms with E-state index in [1.807, 2.05) is 48.7 Å². The SMILES string of the molecule is O=C(NO)C(Cc1ccccc1)n1cc2cccc(CNCC3CC3)c2n1. The lowest BCUT2D eigenvalue weighted by Gasteiger charge is -2.15. The van der Waals surface area contributed by atoms with Gasteiger partial charge in [0.05, 0.1) is 5.52 Å². The second-order valence-corrected chi connectivity index (χ2v) is 7.22. The standard InChI is InChI=1S/C21H24N4O2/c26-21(24-27)19(11-15-5-2-1-3-6-15)25-14-18-8-4-7-17(20(18)23-25)13-22-12-16-9-10-16/h1-8,14,16,19,22,27H,9-13H2,(H,24,26). The summed E-state index contributed by atoms with van der Waals surface area (Å²) >= 11 is 0. The molecule has 6 nitrogen and oxygen atoms in total. The van der Waals surface area contributed by atoms with Crippen molar-refractivity contribution in [2.75, 3.05) is 6.54 Å². The van der Waals surface area contributed by atoms with Crippen molar-refractivity contribution in [1.82, 2.24) is 20.6 Å². The zero-order chi connectivity index (χ0) is 18.6. The Hall–Kier alpha value is -2.70. The molecule has 0 spiro atoms. The van der Waals surface area contributed by atoms with Crippen molar-refractivity contribution in [3.8, 4) is 0 Å². The van der Waals surface area contributed by atoms with Crippen molar-refractivity contribution in [3.63, 3.8) is 0 Å². The van der Waals surface area contributed by atoms with Crippen molar-refractivity contribution in [3.05, 3.63) is 65.9 Å². The van der Waals surface area contributed by atoms with Gasteiger partial charge < -0.3 is 5.32 Å². The van der Waals surface area contributed by atoms with Gasteiger partial charge in [-0.25, -0.2) is 5.48 Å². The molecule has 0 radical (unpaired) electrons. The molecule has 1 amide bonds. The van der Waals surface area contributed by atoms with Crippen LogP contribution >= 0.6 is 0 Å². The summed E-state index contributed by atoms with van der Waals surface area (Å²) in [5, 5.41) is 18.4. The van der Waals surface area contributed by atoms with E-state index in [-0.39, 0.29) is 0 Å². The highest BCUT2D eigenvalue weighted by Crippen LogP contribution is 2.28. The van der Waals surface area contributed by atoms with E-state index in [9.17, 15) is 10.0 Å². The minimum atomic E-state index is -0.614. The number of nitrogens with zero attached hydrogens (tertiary/aromatic N) is 2. The van der Waals surface area contributed by atoms with E-state index < -0.39 is 11.9 Å². The van der Waals surface area contributed by atoms with Crippen molar-refractivity contribution in [1.29, 1.82) is 0 Å². The molecule has 1 unspecified atom stereocenters. The fraction of sp³-hybridized carbons (Fsp3) is 0.333. The summed E-state index contributed by atoms with van der Waals surface area (Å²) in [4.78, 5) is 12.3. The summed E-state index contributed by atoms with van der Waals surface area (Å²) < 4.78 is 1.66. The van der Waals surface area contributed by atoms with Crippen LogP contribution < -0.4 is 10.8 Å². The van der Waals surface area contributed by atoms with Crippen LogP contribution in [0.3, 0.4) is 0 Å². The van der Waals surface area contributed by atoms with E-state index in [1.54, 1.807) is 10.2 Å². The number of hydroxylamine groups is 1. The molecule has 0 saturated heterocycles. The Kier molecular flexibility index (Phi) is 5.18. The number of carbonyl (C=O) groups is 1. The predicted octanol–water partition coefficient (Wildman–Crippen LogP) is 2.83. The zero-order valence-corrected chi connectivity index (χ0v) is 15.1. The van der Waals surface area contributed by atoms with Gasteiger partial charge in [-0.1, -0.05) is 48.5 Å². The van der Waals surface area contributed by atoms with Crippen molar-refractivity contribution < 1.29 is 10.0 Å². The van der Waals surface area contributed by atoms with Crippen molar-refractivity contribution in [2.45, 2.75) is 31.8 Å². The molecule has 1 atom stereocenters. The van der Waals surface area contributed by atoms with Gasteiger partial charge >= 0.3 is 0 Å². The molecule has 1 heterocycles. The highest BCUT2D eigenvalue weighted by atomic mass is 16.5. The van der Waals surface area contributed by atoms with Gasteiger partial charge in [0.1, 0.15) is 6.04 Å². The third-order valence-electron chi connectivity index (χ3n) is 5.09. The normalized spacial score (nSPS) is 15.0. The predicted molar refractivity (Wildman–Crippen MR) is 103 cm³/mol. The Bertz CT molecular complexity index is 918. The second-order valence-electron chi connectivity index (χ2n) is 7.22. The molecule has 6 heteroatoms. The van der Waals surface area contributed by atoms with Crippen LogP contribution in [0.4, 0.5) is 0 Å². The maximum atomic E-state index is 12.3. The lowest BCUT2D eigenvalue weighted by Crippen LogP contribution is -2.32. The van der Waals surface area contributed by atoms with Gasteiger partial charge in [-0.15, -0.1) is 0 Å². The maximum Gasteiger partial charge on any atom is 0.268 e. The Labute approximate surface area is 158 Å². The van der Waals surface area contributed by atoms with Crippen LogP contribution in [0.5, 0.6) is 0 Å². The van der Waals surface area contributed by atoms with Crippen LogP contribution in [-0.2, 0) is 17.8 Å². The molecular formula is C21H24N4O2. The Balaban J connectivity index is 1.60. The van der Waals surface area contributed by atoms with Gasteiger partial charge in [-0.2, -0.15) is 5.10 Å². The van der Waals surface area contributed by atoms with Crippen LogP contribution in [0.25, 0.3) is 10.9 Å². The van der Waals surface area contributed by atoms with E-state index in [2.05, 4.69) is 11.4 Å². The highest BCUT2D eigenvalue weighted by molar-refractivity contribution is 5.83. The molecule has 1 aliphatic carbocycles. The molecule has 0 aliphatic heterocycles. The molecule has 1 fully saturated rings. The number of hydrogen-bond acceptors (Lipinski definition) is 4. The average Bonchev–Trinajstić information content (AvgIpc) is 3.42. The third kappa shape index (κ3) is 4.18. The fourth-order valence-corrected chi connectivity index (χ4v) is 3.38. The number of benzene rings is 2. The van der Waals surface area contributed by atoms with Gasteiger partial charge in [0.15, 0.2) is 0 Å². The third-order valence-corrected chi connectivity index (χ3v) is 5.09. The quantitative estimate of drug-likeness (QED) is 0.424. The second kappa shape index (κ2) is 7.90. The summed E-state index contributed by atoms with van der Waals surface area (Å²) in [7, 11) is 0. The molecule has 2 aromatic carbocycles. The minimum absolute atomic E-state index is 0.455. The zero-order valence-electron chi connectivity index (χ0n) is 15.1. The summed E-state index contributed by atoms with van der Waals surface area (Å²) in [6.07, 6.45) is 4.98. The summed E-state index contributed by atoms with van der Waals surface area (Å²) in [5.74, 6) is 0.352. The average molecular weight is 364 g/mol. The Morgan fingerprint density at radius 2 is 2.00 bits per heavy atom. The molecule has 1 saturated carbocycles. The fourth-order valence-electron chi connectivity index (χ4n) is 3.38. The number of nitrogens with one attached hydrogen (secondary N) is 2. The molecular weight excluding hydrogens is 340 g/mol. The monoisotopic (exact) mass is 364 g/mol. The Morgan fingerprint density at radius 1 is 1.19 bits per heavy atom. The molecule has 1 aromatic heterocycles. The van der Waals surface area contributed by atoms with Crippen molar-refractivity contribution >= 4 is 16.8 Å². The van der Waals surface area contributed by atoms with E-state index in [0.717, 1.165) is 41.0 Å². The van der Waals surface area contributed by atoms with E-state index >= 15 is 0 Å². The topological polar surface area (TPSA) is 79.2 Å². The number of aromatic nitrogens is 2. The smallest absolute Gasteiger partial charge is 0.268 e. The first-order valence-electron chi connectivity index (χ1n) is 9.40. The molecule has 1 aliphatic rings. The molecule has 3 aromatic rings. The maximum absolute atomic E-state index is 12.3. The molecule has 0 bridgehead atoms. The van der Waals surface area contributed by atoms with Gasteiger partial charge in [0.2, 0.25) is 0 Å². The van der Waals surface area contributed by atoms with Crippen LogP contribution in [0.1, 0.15) is 30.0 Å². The molecule has 140 valence electrons. The summed E-state index contributed by atoms with van der Waals surface area (Å²) in [5.41, 5.74) is 4.81. The van der Waals surface area contributed by atoms with E-state index in [0.29, 0.717) is 6.42 Å². The first kappa shape index (κ1) is 17.7.